The number of carbonyl (C=O) groups is 2. The lowest BCUT2D eigenvalue weighted by Crippen LogP contribution is -2.51. The highest BCUT2D eigenvalue weighted by Gasteiger charge is 2.25. The van der Waals surface area contributed by atoms with Crippen LogP contribution >= 0.6 is 0 Å². The Morgan fingerprint density at radius 2 is 1.67 bits per heavy atom. The third-order valence-electron chi connectivity index (χ3n) is 4.14. The SMILES string of the molecule is C[C@@H](O)[C@H](NC(=O)c1ccc(CNCCc2ccccc2)cc1)C(=O)NO. The van der Waals surface area contributed by atoms with E-state index in [4.69, 9.17) is 5.21 Å². The van der Waals surface area contributed by atoms with Gasteiger partial charge in [-0.1, -0.05) is 42.5 Å². The van der Waals surface area contributed by atoms with Gasteiger partial charge in [0.25, 0.3) is 11.8 Å². The van der Waals surface area contributed by atoms with Gasteiger partial charge >= 0.3 is 0 Å². The number of hydrogen-bond donors (Lipinski definition) is 5. The Bertz CT molecular complexity index is 733. The third-order valence-corrected chi connectivity index (χ3v) is 4.14. The highest BCUT2D eigenvalue weighted by molar-refractivity contribution is 5.97. The average molecular weight is 371 g/mol. The maximum absolute atomic E-state index is 12.2. The minimum absolute atomic E-state index is 0.361. The molecule has 0 spiro atoms. The molecule has 27 heavy (non-hydrogen) atoms. The van der Waals surface area contributed by atoms with Crippen LogP contribution in [0.2, 0.25) is 0 Å². The minimum atomic E-state index is -1.23. The molecule has 2 rings (SSSR count). The molecule has 2 aromatic rings. The first kappa shape index (κ1) is 20.6. The van der Waals surface area contributed by atoms with E-state index in [-0.39, 0.29) is 0 Å². The lowest BCUT2D eigenvalue weighted by atomic mass is 10.1. The Kier molecular flexibility index (Phi) is 7.94. The van der Waals surface area contributed by atoms with Crippen molar-refractivity contribution in [2.24, 2.45) is 0 Å². The summed E-state index contributed by atoms with van der Waals surface area (Å²) in [7, 11) is 0. The number of hydroxylamine groups is 1. The Morgan fingerprint density at radius 3 is 2.26 bits per heavy atom. The van der Waals surface area contributed by atoms with Gasteiger partial charge in [0.1, 0.15) is 6.04 Å². The molecule has 0 aliphatic rings. The van der Waals surface area contributed by atoms with Crippen LogP contribution in [-0.4, -0.2) is 40.8 Å². The molecule has 2 amide bonds. The van der Waals surface area contributed by atoms with Crippen LogP contribution in [0, 0.1) is 0 Å². The van der Waals surface area contributed by atoms with Crippen molar-refractivity contribution in [1.82, 2.24) is 16.1 Å². The summed E-state index contributed by atoms with van der Waals surface area (Å²) < 4.78 is 0. The molecule has 0 radical (unpaired) electrons. The van der Waals surface area contributed by atoms with Gasteiger partial charge in [0.05, 0.1) is 6.10 Å². The summed E-state index contributed by atoms with van der Waals surface area (Å²) in [5.74, 6) is -1.38. The summed E-state index contributed by atoms with van der Waals surface area (Å²) in [5.41, 5.74) is 4.09. The van der Waals surface area contributed by atoms with Crippen molar-refractivity contribution in [2.45, 2.75) is 32.0 Å². The summed E-state index contributed by atoms with van der Waals surface area (Å²) >= 11 is 0. The van der Waals surface area contributed by atoms with Crippen LogP contribution in [0.15, 0.2) is 54.6 Å². The average Bonchev–Trinajstić information content (AvgIpc) is 2.69. The van der Waals surface area contributed by atoms with Gasteiger partial charge in [-0.2, -0.15) is 0 Å². The second-order valence-corrected chi connectivity index (χ2v) is 6.28. The van der Waals surface area contributed by atoms with E-state index in [1.807, 2.05) is 30.3 Å². The lowest BCUT2D eigenvalue weighted by molar-refractivity contribution is -0.133. The molecule has 0 saturated carbocycles. The van der Waals surface area contributed by atoms with Crippen LogP contribution in [0.4, 0.5) is 0 Å². The first-order valence-electron chi connectivity index (χ1n) is 8.77. The summed E-state index contributed by atoms with van der Waals surface area (Å²) in [5, 5.41) is 24.0. The van der Waals surface area contributed by atoms with Crippen LogP contribution in [0.25, 0.3) is 0 Å². The number of amides is 2. The smallest absolute Gasteiger partial charge is 0.268 e. The number of rotatable bonds is 9. The van der Waals surface area contributed by atoms with E-state index in [9.17, 15) is 14.7 Å². The van der Waals surface area contributed by atoms with Crippen molar-refractivity contribution >= 4 is 11.8 Å². The molecule has 7 nitrogen and oxygen atoms in total. The van der Waals surface area contributed by atoms with Gasteiger partial charge in [-0.05, 0) is 43.1 Å². The van der Waals surface area contributed by atoms with Crippen molar-refractivity contribution in [3.05, 3.63) is 71.3 Å². The fraction of sp³-hybridized carbons (Fsp3) is 0.300. The van der Waals surface area contributed by atoms with Gasteiger partial charge in [-0.15, -0.1) is 0 Å². The summed E-state index contributed by atoms with van der Waals surface area (Å²) in [4.78, 5) is 23.7. The molecule has 0 heterocycles. The van der Waals surface area contributed by atoms with Crippen molar-refractivity contribution < 1.29 is 19.9 Å². The minimum Gasteiger partial charge on any atom is -0.391 e. The predicted molar refractivity (Wildman–Crippen MR) is 101 cm³/mol. The second kappa shape index (κ2) is 10.4. The Morgan fingerprint density at radius 1 is 1.00 bits per heavy atom. The molecule has 0 unspecified atom stereocenters. The monoisotopic (exact) mass is 371 g/mol. The lowest BCUT2D eigenvalue weighted by Gasteiger charge is -2.19. The van der Waals surface area contributed by atoms with Crippen LogP contribution in [0.5, 0.6) is 0 Å². The van der Waals surface area contributed by atoms with Gasteiger partial charge in [-0.25, -0.2) is 5.48 Å². The van der Waals surface area contributed by atoms with Crippen LogP contribution in [-0.2, 0) is 17.8 Å². The molecule has 0 fully saturated rings. The number of nitrogens with one attached hydrogen (secondary N) is 3. The predicted octanol–water partition coefficient (Wildman–Crippen LogP) is 1.00. The number of aliphatic hydroxyl groups is 1. The highest BCUT2D eigenvalue weighted by Crippen LogP contribution is 2.06. The number of carbonyl (C=O) groups excluding carboxylic acids is 2. The van der Waals surface area contributed by atoms with E-state index in [0.29, 0.717) is 12.1 Å². The molecule has 0 aromatic heterocycles. The Labute approximate surface area is 158 Å². The van der Waals surface area contributed by atoms with Gasteiger partial charge in [0.2, 0.25) is 0 Å². The largest absolute Gasteiger partial charge is 0.391 e. The third kappa shape index (κ3) is 6.49. The van der Waals surface area contributed by atoms with Crippen LogP contribution < -0.4 is 16.1 Å². The maximum Gasteiger partial charge on any atom is 0.268 e. The van der Waals surface area contributed by atoms with Gasteiger partial charge in [-0.3, -0.25) is 14.8 Å². The van der Waals surface area contributed by atoms with Gasteiger partial charge < -0.3 is 15.7 Å². The molecule has 0 saturated heterocycles. The quantitative estimate of drug-likeness (QED) is 0.257. The van der Waals surface area contributed by atoms with Crippen LogP contribution in [0.1, 0.15) is 28.4 Å². The van der Waals surface area contributed by atoms with Gasteiger partial charge in [0.15, 0.2) is 0 Å². The van der Waals surface area contributed by atoms with Crippen molar-refractivity contribution in [3.8, 4) is 0 Å². The van der Waals surface area contributed by atoms with E-state index in [2.05, 4.69) is 22.8 Å². The molecule has 144 valence electrons. The fourth-order valence-corrected chi connectivity index (χ4v) is 2.58. The van der Waals surface area contributed by atoms with Crippen molar-refractivity contribution in [2.75, 3.05) is 6.54 Å². The van der Waals surface area contributed by atoms with Crippen molar-refractivity contribution in [3.63, 3.8) is 0 Å². The maximum atomic E-state index is 12.2. The fourth-order valence-electron chi connectivity index (χ4n) is 2.58. The molecule has 2 aromatic carbocycles. The van der Waals surface area contributed by atoms with Gasteiger partial charge in [0, 0.05) is 12.1 Å². The summed E-state index contributed by atoms with van der Waals surface area (Å²) in [6.45, 7) is 2.88. The normalized spacial score (nSPS) is 12.9. The molecule has 0 bridgehead atoms. The standard InChI is InChI=1S/C20H25N3O4/c1-14(24)18(20(26)23-27)22-19(25)17-9-7-16(8-10-17)13-21-12-11-15-5-3-2-4-6-15/h2-10,14,18,21,24,27H,11-13H2,1H3,(H,22,25)(H,23,26)/t14-,18+/m1/s1. The highest BCUT2D eigenvalue weighted by atomic mass is 16.5. The van der Waals surface area contributed by atoms with Crippen LogP contribution in [0.3, 0.4) is 0 Å². The van der Waals surface area contributed by atoms with E-state index < -0.39 is 24.0 Å². The number of aliphatic hydroxyl groups excluding tert-OH is 1. The first-order valence-corrected chi connectivity index (χ1v) is 8.77. The Hall–Kier alpha value is -2.74. The molecule has 5 N–H and O–H groups in total. The summed E-state index contributed by atoms with van der Waals surface area (Å²) in [6.07, 6.45) is -0.205. The zero-order valence-electron chi connectivity index (χ0n) is 15.2. The molecular weight excluding hydrogens is 346 g/mol. The van der Waals surface area contributed by atoms with E-state index in [0.717, 1.165) is 18.5 Å². The zero-order valence-corrected chi connectivity index (χ0v) is 15.2. The number of hydrogen-bond acceptors (Lipinski definition) is 5. The molecule has 7 heteroatoms. The van der Waals surface area contributed by atoms with E-state index >= 15 is 0 Å². The number of benzene rings is 2. The summed E-state index contributed by atoms with van der Waals surface area (Å²) in [6, 6.07) is 15.9. The van der Waals surface area contributed by atoms with E-state index in [1.54, 1.807) is 12.1 Å². The molecule has 2 atom stereocenters. The zero-order chi connectivity index (χ0) is 19.6. The van der Waals surface area contributed by atoms with E-state index in [1.165, 1.54) is 18.0 Å². The first-order chi connectivity index (χ1) is 13.0. The second-order valence-electron chi connectivity index (χ2n) is 6.28. The topological polar surface area (TPSA) is 111 Å². The Balaban J connectivity index is 1.83. The van der Waals surface area contributed by atoms with Crippen molar-refractivity contribution in [1.29, 1.82) is 0 Å². The molecular formula is C20H25N3O4. The molecule has 0 aliphatic carbocycles. The molecule has 0 aliphatic heterocycles.